The first-order valence-corrected chi connectivity index (χ1v) is 5.26. The molecule has 0 radical (unpaired) electrons. The Balaban J connectivity index is 2.39. The molecule has 1 heterocycles. The number of hydrogen-bond acceptors (Lipinski definition) is 4. The Morgan fingerprint density at radius 1 is 1.41 bits per heavy atom. The van der Waals surface area contributed by atoms with E-state index >= 15 is 0 Å². The van der Waals surface area contributed by atoms with E-state index in [0.717, 1.165) is 10.9 Å². The van der Waals surface area contributed by atoms with Crippen LogP contribution in [0.5, 0.6) is 0 Å². The second kappa shape index (κ2) is 4.37. The maximum absolute atomic E-state index is 11.7. The first-order chi connectivity index (χ1) is 8.13. The van der Waals surface area contributed by atoms with Gasteiger partial charge in [0.25, 0.3) is 5.78 Å². The molecule has 0 fully saturated rings. The fourth-order valence-electron chi connectivity index (χ4n) is 1.60. The molecule has 0 N–H and O–H groups in total. The SMILES string of the molecule is CCOC(=O)C(=O)c1ccc2cnn(C)c2c1. The maximum Gasteiger partial charge on any atom is 0.379 e. The van der Waals surface area contributed by atoms with Crippen molar-refractivity contribution in [2.75, 3.05) is 6.61 Å². The van der Waals surface area contributed by atoms with Crippen LogP contribution in [0.1, 0.15) is 17.3 Å². The lowest BCUT2D eigenvalue weighted by Gasteiger charge is -2.01. The van der Waals surface area contributed by atoms with E-state index in [0.29, 0.717) is 5.56 Å². The van der Waals surface area contributed by atoms with Crippen LogP contribution in [0, 0.1) is 0 Å². The van der Waals surface area contributed by atoms with Crippen molar-refractivity contribution in [3.8, 4) is 0 Å². The molecule has 0 aliphatic heterocycles. The molecule has 2 rings (SSSR count). The van der Waals surface area contributed by atoms with Crippen LogP contribution in [0.25, 0.3) is 10.9 Å². The Morgan fingerprint density at radius 2 is 2.18 bits per heavy atom. The van der Waals surface area contributed by atoms with Crippen molar-refractivity contribution in [2.45, 2.75) is 6.92 Å². The zero-order chi connectivity index (χ0) is 12.4. The van der Waals surface area contributed by atoms with Crippen LogP contribution < -0.4 is 0 Å². The summed E-state index contributed by atoms with van der Waals surface area (Å²) in [6.45, 7) is 1.86. The molecular formula is C12H12N2O3. The molecule has 17 heavy (non-hydrogen) atoms. The summed E-state index contributed by atoms with van der Waals surface area (Å²) < 4.78 is 6.32. The normalized spacial score (nSPS) is 10.5. The Bertz CT molecular complexity index is 586. The van der Waals surface area contributed by atoms with Crippen molar-refractivity contribution in [3.05, 3.63) is 30.0 Å². The number of carbonyl (C=O) groups is 2. The van der Waals surface area contributed by atoms with Crippen LogP contribution >= 0.6 is 0 Å². The molecule has 5 nitrogen and oxygen atoms in total. The highest BCUT2D eigenvalue weighted by atomic mass is 16.5. The van der Waals surface area contributed by atoms with Crippen molar-refractivity contribution in [1.29, 1.82) is 0 Å². The zero-order valence-electron chi connectivity index (χ0n) is 9.64. The lowest BCUT2D eigenvalue weighted by atomic mass is 10.1. The predicted octanol–water partition coefficient (Wildman–Crippen LogP) is 1.32. The number of hydrogen-bond donors (Lipinski definition) is 0. The van der Waals surface area contributed by atoms with Crippen LogP contribution in [0.3, 0.4) is 0 Å². The largest absolute Gasteiger partial charge is 0.460 e. The average Bonchev–Trinajstić information content (AvgIpc) is 2.70. The van der Waals surface area contributed by atoms with E-state index in [1.165, 1.54) is 0 Å². The van der Waals surface area contributed by atoms with Gasteiger partial charge in [0, 0.05) is 18.0 Å². The molecule has 0 spiro atoms. The van der Waals surface area contributed by atoms with E-state index in [-0.39, 0.29) is 6.61 Å². The third-order valence-corrected chi connectivity index (χ3v) is 2.47. The zero-order valence-corrected chi connectivity index (χ0v) is 9.64. The monoisotopic (exact) mass is 232 g/mol. The smallest absolute Gasteiger partial charge is 0.379 e. The summed E-state index contributed by atoms with van der Waals surface area (Å²) in [5.41, 5.74) is 1.12. The Morgan fingerprint density at radius 3 is 2.88 bits per heavy atom. The topological polar surface area (TPSA) is 61.2 Å². The second-order valence-electron chi connectivity index (χ2n) is 3.59. The molecule has 0 saturated heterocycles. The van der Waals surface area contributed by atoms with Crippen LogP contribution in [0.2, 0.25) is 0 Å². The van der Waals surface area contributed by atoms with Crippen LogP contribution in [-0.4, -0.2) is 28.1 Å². The summed E-state index contributed by atoms with van der Waals surface area (Å²) in [4.78, 5) is 23.0. The van der Waals surface area contributed by atoms with E-state index in [2.05, 4.69) is 9.84 Å². The van der Waals surface area contributed by atoms with E-state index < -0.39 is 11.8 Å². The van der Waals surface area contributed by atoms with Crippen molar-refractivity contribution in [3.63, 3.8) is 0 Å². The molecule has 0 unspecified atom stereocenters. The lowest BCUT2D eigenvalue weighted by molar-refractivity contribution is -0.137. The number of ether oxygens (including phenoxy) is 1. The van der Waals surface area contributed by atoms with Gasteiger partial charge in [0.15, 0.2) is 0 Å². The lowest BCUT2D eigenvalue weighted by Crippen LogP contribution is -2.17. The molecule has 0 aliphatic rings. The highest BCUT2D eigenvalue weighted by molar-refractivity contribution is 6.40. The molecule has 0 aliphatic carbocycles. The minimum atomic E-state index is -0.825. The van der Waals surface area contributed by atoms with Gasteiger partial charge in [-0.15, -0.1) is 0 Å². The van der Waals surface area contributed by atoms with Gasteiger partial charge >= 0.3 is 5.97 Å². The van der Waals surface area contributed by atoms with Gasteiger partial charge in [-0.1, -0.05) is 6.07 Å². The molecule has 1 aromatic heterocycles. The van der Waals surface area contributed by atoms with Crippen molar-refractivity contribution >= 4 is 22.7 Å². The van der Waals surface area contributed by atoms with Gasteiger partial charge in [-0.05, 0) is 19.1 Å². The minimum Gasteiger partial charge on any atom is -0.460 e. The third-order valence-electron chi connectivity index (χ3n) is 2.47. The van der Waals surface area contributed by atoms with Gasteiger partial charge in [0.05, 0.1) is 18.3 Å². The van der Waals surface area contributed by atoms with Gasteiger partial charge in [-0.25, -0.2) is 4.79 Å². The van der Waals surface area contributed by atoms with Crippen molar-refractivity contribution in [2.24, 2.45) is 7.05 Å². The minimum absolute atomic E-state index is 0.193. The number of fused-ring (bicyclic) bond motifs is 1. The van der Waals surface area contributed by atoms with Crippen LogP contribution in [-0.2, 0) is 16.6 Å². The van der Waals surface area contributed by atoms with Crippen molar-refractivity contribution < 1.29 is 14.3 Å². The molecule has 0 amide bonds. The van der Waals surface area contributed by atoms with Gasteiger partial charge in [-0.2, -0.15) is 5.10 Å². The van der Waals surface area contributed by atoms with E-state index in [1.807, 2.05) is 0 Å². The number of rotatable bonds is 3. The number of benzene rings is 1. The second-order valence-corrected chi connectivity index (χ2v) is 3.59. The van der Waals surface area contributed by atoms with Crippen LogP contribution in [0.15, 0.2) is 24.4 Å². The molecule has 1 aromatic carbocycles. The predicted molar refractivity (Wildman–Crippen MR) is 61.7 cm³/mol. The summed E-state index contributed by atoms with van der Waals surface area (Å²) in [6, 6.07) is 5.00. The Kier molecular flexibility index (Phi) is 2.91. The number of carbonyl (C=O) groups excluding carboxylic acids is 2. The number of aryl methyl sites for hydroxylation is 1. The van der Waals surface area contributed by atoms with E-state index in [4.69, 9.17) is 0 Å². The first-order valence-electron chi connectivity index (χ1n) is 5.26. The molecule has 0 atom stereocenters. The highest BCUT2D eigenvalue weighted by Gasteiger charge is 2.18. The summed E-state index contributed by atoms with van der Waals surface area (Å²) in [7, 11) is 1.78. The molecule has 0 bridgehead atoms. The molecule has 88 valence electrons. The van der Waals surface area contributed by atoms with Gasteiger partial charge < -0.3 is 4.74 Å². The van der Waals surface area contributed by atoms with E-state index in [1.54, 1.807) is 43.0 Å². The molecule has 0 saturated carbocycles. The van der Waals surface area contributed by atoms with E-state index in [9.17, 15) is 9.59 Å². The van der Waals surface area contributed by atoms with Gasteiger partial charge in [0.2, 0.25) is 0 Å². The number of nitrogens with zero attached hydrogens (tertiary/aromatic N) is 2. The summed E-state index contributed by atoms with van der Waals surface area (Å²) >= 11 is 0. The standard InChI is InChI=1S/C12H12N2O3/c1-3-17-12(16)11(15)8-4-5-9-7-13-14(2)10(9)6-8/h4-7H,3H2,1-2H3. The molecule has 5 heteroatoms. The molecule has 2 aromatic rings. The van der Waals surface area contributed by atoms with Gasteiger partial charge in [0.1, 0.15) is 0 Å². The summed E-state index contributed by atoms with van der Waals surface area (Å²) in [6.07, 6.45) is 1.70. The highest BCUT2D eigenvalue weighted by Crippen LogP contribution is 2.15. The first kappa shape index (κ1) is 11.3. The average molecular weight is 232 g/mol. The number of Topliss-reactive ketones (excluding diaryl/α,β-unsaturated/α-hetero) is 1. The Labute approximate surface area is 98.0 Å². The maximum atomic E-state index is 11.7. The number of aromatic nitrogens is 2. The van der Waals surface area contributed by atoms with Gasteiger partial charge in [-0.3, -0.25) is 9.48 Å². The Hall–Kier alpha value is -2.17. The van der Waals surface area contributed by atoms with Crippen molar-refractivity contribution in [1.82, 2.24) is 9.78 Å². The quantitative estimate of drug-likeness (QED) is 0.455. The van der Waals surface area contributed by atoms with Crippen LogP contribution in [0.4, 0.5) is 0 Å². The fourth-order valence-corrected chi connectivity index (χ4v) is 1.60. The molecular weight excluding hydrogens is 220 g/mol. The number of ketones is 1. The number of esters is 1. The third kappa shape index (κ3) is 2.04. The summed E-state index contributed by atoms with van der Waals surface area (Å²) in [5, 5.41) is 4.99. The fraction of sp³-hybridized carbons (Fsp3) is 0.250. The summed E-state index contributed by atoms with van der Waals surface area (Å²) in [5.74, 6) is -1.45.